The Bertz CT molecular complexity index is 813. The lowest BCUT2D eigenvalue weighted by Crippen LogP contribution is -2.48. The number of anilines is 1. The first-order valence-electron chi connectivity index (χ1n) is 11.7. The average Bonchev–Trinajstić information content (AvgIpc) is 3.34. The molecule has 2 saturated heterocycles. The highest BCUT2D eigenvalue weighted by molar-refractivity contribution is 7.14. The largest absolute Gasteiger partial charge is 0.373 e. The first-order valence-corrected chi connectivity index (χ1v) is 12.6. The van der Waals surface area contributed by atoms with Crippen LogP contribution in [-0.2, 0) is 4.74 Å². The number of aryl methyl sites for hydroxylation is 1. The number of nitrogens with one attached hydrogen (secondary N) is 2. The highest BCUT2D eigenvalue weighted by Crippen LogP contribution is 2.34. The number of ether oxygens (including phenoxy) is 1. The third-order valence-corrected chi connectivity index (χ3v) is 7.26. The molecule has 2 fully saturated rings. The molecule has 31 heavy (non-hydrogen) atoms. The summed E-state index contributed by atoms with van der Waals surface area (Å²) < 4.78 is 6.19. The van der Waals surface area contributed by atoms with Gasteiger partial charge in [-0.1, -0.05) is 29.8 Å². The maximum absolute atomic E-state index is 6.19. The molecule has 5 nitrogen and oxygen atoms in total. The molecule has 2 unspecified atom stereocenters. The zero-order chi connectivity index (χ0) is 21.5. The highest BCUT2D eigenvalue weighted by Gasteiger charge is 2.27. The van der Waals surface area contributed by atoms with Crippen molar-refractivity contribution in [1.29, 1.82) is 0 Å². The van der Waals surface area contributed by atoms with Crippen molar-refractivity contribution in [3.63, 3.8) is 0 Å². The Morgan fingerprint density at radius 2 is 1.97 bits per heavy atom. The van der Waals surface area contributed by atoms with Gasteiger partial charge in [-0.25, -0.2) is 0 Å². The van der Waals surface area contributed by atoms with Crippen LogP contribution in [0.3, 0.4) is 0 Å². The van der Waals surface area contributed by atoms with E-state index in [-0.39, 0.29) is 6.10 Å². The Balaban J connectivity index is 1.35. The lowest BCUT2D eigenvalue weighted by Gasteiger charge is -2.34. The molecular weight excluding hydrogens is 404 g/mol. The molecule has 2 atom stereocenters. The standard InChI is InChI=1S/C25H36N4OS/c1-3-26-25(28-22-12-14-29(15-13-22)23-7-5-17-31-23)27-18-21-6-4-16-30-24(21)20-10-8-19(2)9-11-20/h5,7-11,17,21-22,24H,3-4,6,12-16,18H2,1-2H3,(H2,26,27,28). The summed E-state index contributed by atoms with van der Waals surface area (Å²) in [7, 11) is 0. The SMILES string of the molecule is CCNC(=NCC1CCCOC1c1ccc(C)cc1)NC1CCN(c2cccs2)CC1. The number of piperidine rings is 1. The van der Waals surface area contributed by atoms with Crippen molar-refractivity contribution in [3.05, 3.63) is 52.9 Å². The summed E-state index contributed by atoms with van der Waals surface area (Å²) in [5, 5.41) is 10.7. The first kappa shape index (κ1) is 22.2. The second-order valence-corrected chi connectivity index (χ2v) is 9.61. The predicted octanol–water partition coefficient (Wildman–Crippen LogP) is 4.75. The Morgan fingerprint density at radius 1 is 1.16 bits per heavy atom. The van der Waals surface area contributed by atoms with Gasteiger partial charge >= 0.3 is 0 Å². The Labute approximate surface area is 190 Å². The molecule has 2 N–H and O–H groups in total. The van der Waals surface area contributed by atoms with E-state index in [1.54, 1.807) is 0 Å². The zero-order valence-corrected chi connectivity index (χ0v) is 19.7. The zero-order valence-electron chi connectivity index (χ0n) is 18.8. The fraction of sp³-hybridized carbons (Fsp3) is 0.560. The summed E-state index contributed by atoms with van der Waals surface area (Å²) in [6, 6.07) is 13.6. The number of rotatable bonds is 6. The van der Waals surface area contributed by atoms with Crippen LogP contribution in [0.25, 0.3) is 0 Å². The van der Waals surface area contributed by atoms with Crippen molar-refractivity contribution in [1.82, 2.24) is 10.6 Å². The van der Waals surface area contributed by atoms with Gasteiger partial charge in [0.15, 0.2) is 5.96 Å². The normalized spacial score (nSPS) is 23.0. The quantitative estimate of drug-likeness (QED) is 0.503. The fourth-order valence-corrected chi connectivity index (χ4v) is 5.36. The van der Waals surface area contributed by atoms with Crippen LogP contribution in [0.2, 0.25) is 0 Å². The van der Waals surface area contributed by atoms with Crippen LogP contribution in [0.4, 0.5) is 5.00 Å². The molecule has 0 aliphatic carbocycles. The minimum Gasteiger partial charge on any atom is -0.373 e. The van der Waals surface area contributed by atoms with E-state index in [1.165, 1.54) is 22.5 Å². The topological polar surface area (TPSA) is 48.9 Å². The third-order valence-electron chi connectivity index (χ3n) is 6.33. The number of benzene rings is 1. The average molecular weight is 441 g/mol. The van der Waals surface area contributed by atoms with Gasteiger partial charge in [-0.05, 0) is 62.6 Å². The predicted molar refractivity (Wildman–Crippen MR) is 131 cm³/mol. The summed E-state index contributed by atoms with van der Waals surface area (Å²) >= 11 is 1.83. The van der Waals surface area contributed by atoms with E-state index in [9.17, 15) is 0 Å². The highest BCUT2D eigenvalue weighted by atomic mass is 32.1. The lowest BCUT2D eigenvalue weighted by molar-refractivity contribution is -0.0250. The number of nitrogens with zero attached hydrogens (tertiary/aromatic N) is 2. The minimum atomic E-state index is 0.148. The van der Waals surface area contributed by atoms with Gasteiger partial charge in [0.2, 0.25) is 0 Å². The molecule has 168 valence electrons. The van der Waals surface area contributed by atoms with Gasteiger partial charge in [0.1, 0.15) is 0 Å². The van der Waals surface area contributed by atoms with Crippen LogP contribution >= 0.6 is 11.3 Å². The van der Waals surface area contributed by atoms with Crippen LogP contribution in [0, 0.1) is 12.8 Å². The molecule has 4 rings (SSSR count). The molecule has 0 amide bonds. The molecule has 0 spiro atoms. The van der Waals surface area contributed by atoms with Gasteiger partial charge in [0.05, 0.1) is 11.1 Å². The van der Waals surface area contributed by atoms with E-state index >= 15 is 0 Å². The second-order valence-electron chi connectivity index (χ2n) is 8.68. The van der Waals surface area contributed by atoms with Crippen molar-refractivity contribution >= 4 is 22.3 Å². The molecular formula is C25H36N4OS. The first-order chi connectivity index (χ1) is 15.2. The van der Waals surface area contributed by atoms with E-state index in [4.69, 9.17) is 9.73 Å². The van der Waals surface area contributed by atoms with Crippen molar-refractivity contribution in [2.45, 2.75) is 51.7 Å². The van der Waals surface area contributed by atoms with Crippen LogP contribution < -0.4 is 15.5 Å². The minimum absolute atomic E-state index is 0.148. The van der Waals surface area contributed by atoms with E-state index in [0.717, 1.165) is 58.0 Å². The number of hydrogen-bond donors (Lipinski definition) is 2. The molecule has 2 aliphatic heterocycles. The Morgan fingerprint density at radius 3 is 2.68 bits per heavy atom. The molecule has 3 heterocycles. The number of thiophene rings is 1. The van der Waals surface area contributed by atoms with Crippen molar-refractivity contribution in [2.75, 3.05) is 37.7 Å². The Hall–Kier alpha value is -2.05. The molecule has 1 aromatic heterocycles. The lowest BCUT2D eigenvalue weighted by atomic mass is 9.89. The molecule has 2 aromatic rings. The monoisotopic (exact) mass is 440 g/mol. The van der Waals surface area contributed by atoms with Crippen LogP contribution in [0.5, 0.6) is 0 Å². The van der Waals surface area contributed by atoms with Crippen LogP contribution in [0.1, 0.15) is 49.8 Å². The van der Waals surface area contributed by atoms with Crippen LogP contribution in [0.15, 0.2) is 46.8 Å². The summed E-state index contributed by atoms with van der Waals surface area (Å²) in [5.41, 5.74) is 2.57. The Kier molecular flexibility index (Phi) is 7.86. The van der Waals surface area contributed by atoms with Gasteiger partial charge < -0.3 is 20.3 Å². The summed E-state index contributed by atoms with van der Waals surface area (Å²) in [6.45, 7) is 8.99. The number of hydrogen-bond acceptors (Lipinski definition) is 4. The molecule has 2 aliphatic rings. The van der Waals surface area contributed by atoms with Gasteiger partial charge in [-0.2, -0.15) is 0 Å². The summed E-state index contributed by atoms with van der Waals surface area (Å²) in [4.78, 5) is 7.49. The van der Waals surface area contributed by atoms with E-state index in [2.05, 4.69) is 71.2 Å². The van der Waals surface area contributed by atoms with Crippen LogP contribution in [-0.4, -0.2) is 44.8 Å². The summed E-state index contributed by atoms with van der Waals surface area (Å²) in [6.07, 6.45) is 4.71. The maximum atomic E-state index is 6.19. The summed E-state index contributed by atoms with van der Waals surface area (Å²) in [5.74, 6) is 1.37. The van der Waals surface area contributed by atoms with Gasteiger partial charge in [-0.15, -0.1) is 11.3 Å². The van der Waals surface area contributed by atoms with Crippen molar-refractivity contribution in [2.24, 2.45) is 10.9 Å². The smallest absolute Gasteiger partial charge is 0.191 e. The van der Waals surface area contributed by atoms with Crippen molar-refractivity contribution < 1.29 is 4.74 Å². The van der Waals surface area contributed by atoms with E-state index in [1.807, 2.05) is 11.3 Å². The molecule has 0 saturated carbocycles. The maximum Gasteiger partial charge on any atom is 0.191 e. The third kappa shape index (κ3) is 6.01. The molecule has 1 aromatic carbocycles. The molecule has 6 heteroatoms. The second kappa shape index (κ2) is 11.0. The number of guanidine groups is 1. The molecule has 0 radical (unpaired) electrons. The molecule has 0 bridgehead atoms. The fourth-order valence-electron chi connectivity index (χ4n) is 4.57. The van der Waals surface area contributed by atoms with Gasteiger partial charge in [-0.3, -0.25) is 4.99 Å². The number of aliphatic imine (C=N–C) groups is 1. The van der Waals surface area contributed by atoms with E-state index < -0.39 is 0 Å². The van der Waals surface area contributed by atoms with Crippen molar-refractivity contribution in [3.8, 4) is 0 Å². The van der Waals surface area contributed by atoms with Gasteiger partial charge in [0, 0.05) is 44.7 Å². The van der Waals surface area contributed by atoms with E-state index in [0.29, 0.717) is 12.0 Å². The van der Waals surface area contributed by atoms with Gasteiger partial charge in [0.25, 0.3) is 0 Å².